The molecule has 1 fully saturated rings. The second kappa shape index (κ2) is 10.6. The first kappa shape index (κ1) is 21.6. The Bertz CT molecular complexity index is 780. The molecule has 0 amide bonds. The zero-order valence-electron chi connectivity index (χ0n) is 17.7. The highest BCUT2D eigenvalue weighted by Crippen LogP contribution is 2.18. The number of aromatic nitrogens is 1. The number of aliphatic imine (C=N–C) groups is 1. The quantitative estimate of drug-likeness (QED) is 0.292. The van der Waals surface area contributed by atoms with Crippen LogP contribution in [0.15, 0.2) is 35.5 Å². The molecule has 2 aromatic rings. The molecule has 1 aromatic heterocycles. The predicted octanol–water partition coefficient (Wildman–Crippen LogP) is 1.74. The van der Waals surface area contributed by atoms with Crippen LogP contribution in [-0.2, 0) is 11.2 Å². The van der Waals surface area contributed by atoms with E-state index in [1.165, 1.54) is 16.5 Å². The maximum absolute atomic E-state index is 10.7. The normalized spacial score (nSPS) is 18.0. The number of rotatable bonds is 9. The van der Waals surface area contributed by atoms with Crippen LogP contribution in [0.4, 0.5) is 0 Å². The van der Waals surface area contributed by atoms with Gasteiger partial charge in [-0.2, -0.15) is 0 Å². The summed E-state index contributed by atoms with van der Waals surface area (Å²) in [5.74, 6) is 0.758. The van der Waals surface area contributed by atoms with Crippen LogP contribution in [0, 0.1) is 0 Å². The molecular formula is C22H35N5O2. The second-order valence-corrected chi connectivity index (χ2v) is 7.97. The summed E-state index contributed by atoms with van der Waals surface area (Å²) in [6.45, 7) is 9.71. The molecule has 1 unspecified atom stereocenters. The van der Waals surface area contributed by atoms with Gasteiger partial charge in [0.05, 0.1) is 25.4 Å². The Balaban J connectivity index is 1.45. The van der Waals surface area contributed by atoms with E-state index in [4.69, 9.17) is 4.74 Å². The Hall–Kier alpha value is -2.09. The van der Waals surface area contributed by atoms with E-state index < -0.39 is 5.60 Å². The van der Waals surface area contributed by atoms with Gasteiger partial charge >= 0.3 is 0 Å². The average Bonchev–Trinajstić information content (AvgIpc) is 3.13. The van der Waals surface area contributed by atoms with Crippen LogP contribution in [0.2, 0.25) is 0 Å². The summed E-state index contributed by atoms with van der Waals surface area (Å²) in [4.78, 5) is 10.2. The third-order valence-corrected chi connectivity index (χ3v) is 5.18. The fourth-order valence-corrected chi connectivity index (χ4v) is 3.71. The number of ether oxygens (including phenoxy) is 1. The third kappa shape index (κ3) is 6.73. The molecule has 160 valence electrons. The molecule has 1 saturated heterocycles. The van der Waals surface area contributed by atoms with Crippen LogP contribution in [0.1, 0.15) is 25.8 Å². The molecule has 29 heavy (non-hydrogen) atoms. The zero-order valence-corrected chi connectivity index (χ0v) is 17.7. The number of para-hydroxylation sites is 1. The molecule has 1 aliphatic rings. The zero-order chi connectivity index (χ0) is 20.5. The number of H-pyrrole nitrogens is 1. The summed E-state index contributed by atoms with van der Waals surface area (Å²) in [6, 6.07) is 8.40. The number of morpholine rings is 1. The van der Waals surface area contributed by atoms with Gasteiger partial charge in [-0.25, -0.2) is 0 Å². The van der Waals surface area contributed by atoms with Gasteiger partial charge in [0.1, 0.15) is 0 Å². The van der Waals surface area contributed by atoms with E-state index in [9.17, 15) is 5.11 Å². The Labute approximate surface area is 173 Å². The molecule has 0 radical (unpaired) electrons. The molecule has 4 N–H and O–H groups in total. The molecule has 1 atom stereocenters. The first-order valence-corrected chi connectivity index (χ1v) is 10.7. The van der Waals surface area contributed by atoms with E-state index in [1.54, 1.807) is 0 Å². The molecule has 0 saturated carbocycles. The van der Waals surface area contributed by atoms with Gasteiger partial charge < -0.3 is 25.5 Å². The van der Waals surface area contributed by atoms with E-state index in [0.29, 0.717) is 13.1 Å². The standard InChI is InChI=1S/C22H35N5O2/c1-3-23-21(26-16-22(2,28)17-27-11-13-29-14-12-27)24-10-6-7-18-15-25-20-9-5-4-8-19(18)20/h4-5,8-9,15,25,28H,3,6-7,10-14,16-17H2,1-2H3,(H2,23,24,26). The van der Waals surface area contributed by atoms with Crippen molar-refractivity contribution >= 4 is 16.9 Å². The molecule has 3 rings (SSSR count). The number of aryl methyl sites for hydroxylation is 1. The van der Waals surface area contributed by atoms with Crippen LogP contribution in [0.3, 0.4) is 0 Å². The lowest BCUT2D eigenvalue weighted by molar-refractivity contribution is -0.0179. The summed E-state index contributed by atoms with van der Waals surface area (Å²) in [5, 5.41) is 18.7. The topological polar surface area (TPSA) is 84.9 Å². The Morgan fingerprint density at radius 2 is 2.07 bits per heavy atom. The highest BCUT2D eigenvalue weighted by atomic mass is 16.5. The molecule has 7 heteroatoms. The van der Waals surface area contributed by atoms with E-state index in [2.05, 4.69) is 62.9 Å². The number of aromatic amines is 1. The molecule has 0 bridgehead atoms. The van der Waals surface area contributed by atoms with Crippen LogP contribution >= 0.6 is 0 Å². The van der Waals surface area contributed by atoms with Crippen molar-refractivity contribution in [2.45, 2.75) is 32.3 Å². The van der Waals surface area contributed by atoms with Crippen LogP contribution in [0.5, 0.6) is 0 Å². The minimum atomic E-state index is -0.857. The maximum atomic E-state index is 10.7. The molecule has 7 nitrogen and oxygen atoms in total. The summed E-state index contributed by atoms with van der Waals surface area (Å²) >= 11 is 0. The van der Waals surface area contributed by atoms with E-state index in [-0.39, 0.29) is 0 Å². The highest BCUT2D eigenvalue weighted by Gasteiger charge is 2.25. The smallest absolute Gasteiger partial charge is 0.191 e. The van der Waals surface area contributed by atoms with Crippen molar-refractivity contribution in [1.29, 1.82) is 0 Å². The van der Waals surface area contributed by atoms with Crippen molar-refractivity contribution in [3.63, 3.8) is 0 Å². The van der Waals surface area contributed by atoms with Gasteiger partial charge in [0.15, 0.2) is 5.96 Å². The van der Waals surface area contributed by atoms with Crippen molar-refractivity contribution in [2.24, 2.45) is 4.99 Å². The SMILES string of the molecule is CCNC(=NCC(C)(O)CN1CCOCC1)NCCCc1c[nH]c2ccccc12. The van der Waals surface area contributed by atoms with Gasteiger partial charge in [0.25, 0.3) is 0 Å². The van der Waals surface area contributed by atoms with Crippen LogP contribution in [0.25, 0.3) is 10.9 Å². The van der Waals surface area contributed by atoms with Gasteiger partial charge in [-0.15, -0.1) is 0 Å². The molecule has 1 aliphatic heterocycles. The van der Waals surface area contributed by atoms with Gasteiger partial charge in [-0.1, -0.05) is 18.2 Å². The third-order valence-electron chi connectivity index (χ3n) is 5.18. The van der Waals surface area contributed by atoms with Crippen molar-refractivity contribution in [3.05, 3.63) is 36.0 Å². The van der Waals surface area contributed by atoms with Gasteiger partial charge in [-0.3, -0.25) is 9.89 Å². The number of benzene rings is 1. The number of nitrogens with one attached hydrogen (secondary N) is 3. The lowest BCUT2D eigenvalue weighted by Crippen LogP contribution is -2.48. The summed E-state index contributed by atoms with van der Waals surface area (Å²) in [5.41, 5.74) is 1.68. The Kier molecular flexibility index (Phi) is 7.91. The van der Waals surface area contributed by atoms with Crippen LogP contribution < -0.4 is 10.6 Å². The first-order valence-electron chi connectivity index (χ1n) is 10.7. The van der Waals surface area contributed by atoms with Crippen molar-refractivity contribution in [2.75, 3.05) is 52.5 Å². The largest absolute Gasteiger partial charge is 0.387 e. The van der Waals surface area contributed by atoms with Crippen molar-refractivity contribution in [3.8, 4) is 0 Å². The van der Waals surface area contributed by atoms with Crippen molar-refractivity contribution in [1.82, 2.24) is 20.5 Å². The number of hydrogen-bond acceptors (Lipinski definition) is 4. The Morgan fingerprint density at radius 3 is 2.86 bits per heavy atom. The molecular weight excluding hydrogens is 366 g/mol. The lowest BCUT2D eigenvalue weighted by atomic mass is 10.1. The Morgan fingerprint density at radius 1 is 1.28 bits per heavy atom. The predicted molar refractivity (Wildman–Crippen MR) is 118 cm³/mol. The van der Waals surface area contributed by atoms with Crippen LogP contribution in [-0.4, -0.2) is 79.0 Å². The fraction of sp³-hybridized carbons (Fsp3) is 0.591. The number of fused-ring (bicyclic) bond motifs is 1. The molecule has 0 spiro atoms. The van der Waals surface area contributed by atoms with E-state index in [1.807, 2.05) is 6.92 Å². The number of nitrogens with zero attached hydrogens (tertiary/aromatic N) is 2. The first-order chi connectivity index (χ1) is 14.1. The maximum Gasteiger partial charge on any atom is 0.191 e. The molecule has 0 aliphatic carbocycles. The molecule has 1 aromatic carbocycles. The average molecular weight is 402 g/mol. The number of β-amino-alcohol motifs (C(OH)–C–C–N with tert-alkyl or cyclic N) is 1. The number of hydrogen-bond donors (Lipinski definition) is 4. The number of guanidine groups is 1. The van der Waals surface area contributed by atoms with E-state index >= 15 is 0 Å². The van der Waals surface area contributed by atoms with Gasteiger partial charge in [0, 0.05) is 49.8 Å². The lowest BCUT2D eigenvalue weighted by Gasteiger charge is -2.33. The van der Waals surface area contributed by atoms with Gasteiger partial charge in [-0.05, 0) is 38.3 Å². The second-order valence-electron chi connectivity index (χ2n) is 7.97. The highest BCUT2D eigenvalue weighted by molar-refractivity contribution is 5.83. The monoisotopic (exact) mass is 401 g/mol. The fourth-order valence-electron chi connectivity index (χ4n) is 3.71. The summed E-state index contributed by atoms with van der Waals surface area (Å²) < 4.78 is 5.38. The minimum Gasteiger partial charge on any atom is -0.387 e. The minimum absolute atomic E-state index is 0.363. The van der Waals surface area contributed by atoms with Crippen molar-refractivity contribution < 1.29 is 9.84 Å². The summed E-state index contributed by atoms with van der Waals surface area (Å²) in [6.07, 6.45) is 4.12. The van der Waals surface area contributed by atoms with E-state index in [0.717, 1.165) is 58.2 Å². The molecule has 2 heterocycles. The summed E-state index contributed by atoms with van der Waals surface area (Å²) in [7, 11) is 0. The number of aliphatic hydroxyl groups is 1. The van der Waals surface area contributed by atoms with Gasteiger partial charge in [0.2, 0.25) is 0 Å².